The molecule has 3 nitrogen and oxygen atoms in total. The van der Waals surface area contributed by atoms with Crippen LogP contribution >= 0.6 is 0 Å². The van der Waals surface area contributed by atoms with E-state index in [0.29, 0.717) is 0 Å². The average Bonchev–Trinajstić information content (AvgIpc) is 2.15. The molecule has 0 aliphatic rings. The lowest BCUT2D eigenvalue weighted by Gasteiger charge is -2.15. The molecule has 0 heterocycles. The van der Waals surface area contributed by atoms with Gasteiger partial charge in [-0.25, -0.2) is 17.2 Å². The van der Waals surface area contributed by atoms with Gasteiger partial charge in [-0.05, 0) is 19.1 Å². The van der Waals surface area contributed by atoms with Crippen molar-refractivity contribution < 1.29 is 17.2 Å². The summed E-state index contributed by atoms with van der Waals surface area (Å²) in [6, 6.07) is 3.07. The molecule has 0 radical (unpaired) electrons. The summed E-state index contributed by atoms with van der Waals surface area (Å²) in [4.78, 5) is 0. The third kappa shape index (κ3) is 4.40. The Morgan fingerprint density at radius 3 is 2.29 bits per heavy atom. The van der Waals surface area contributed by atoms with Gasteiger partial charge in [-0.3, -0.25) is 0 Å². The summed E-state index contributed by atoms with van der Waals surface area (Å²) in [5, 5.41) is 2.78. The Bertz CT molecular complexity index is 468. The number of nitrogens with one attached hydrogen (secondary N) is 1. The zero-order chi connectivity index (χ0) is 13.1. The van der Waals surface area contributed by atoms with Gasteiger partial charge in [0.1, 0.15) is 21.5 Å². The largest absolute Gasteiger partial charge is 0.309 e. The monoisotopic (exact) mass is 263 g/mol. The highest BCUT2D eigenvalue weighted by molar-refractivity contribution is 7.90. The maximum atomic E-state index is 13.4. The zero-order valence-corrected chi connectivity index (χ0v) is 10.5. The van der Waals surface area contributed by atoms with Crippen molar-refractivity contribution >= 4 is 9.84 Å². The molecule has 1 aromatic rings. The lowest BCUT2D eigenvalue weighted by Crippen LogP contribution is -2.26. The molecule has 1 rings (SSSR count). The van der Waals surface area contributed by atoms with Gasteiger partial charge in [0, 0.05) is 24.4 Å². The van der Waals surface area contributed by atoms with Crippen LogP contribution in [0, 0.1) is 11.6 Å². The van der Waals surface area contributed by atoms with Crippen LogP contribution in [-0.2, 0) is 9.84 Å². The molecule has 0 aliphatic carbocycles. The third-order valence-electron chi connectivity index (χ3n) is 2.36. The van der Waals surface area contributed by atoms with Crippen molar-refractivity contribution in [3.8, 4) is 0 Å². The average molecular weight is 263 g/mol. The summed E-state index contributed by atoms with van der Waals surface area (Å²) < 4.78 is 48.5. The Hall–Kier alpha value is -1.01. The summed E-state index contributed by atoms with van der Waals surface area (Å²) in [7, 11) is -3.07. The molecule has 0 saturated carbocycles. The lowest BCUT2D eigenvalue weighted by atomic mass is 10.1. The molecule has 1 atom stereocenters. The van der Waals surface area contributed by atoms with Crippen LogP contribution in [0.15, 0.2) is 18.2 Å². The first-order valence-corrected chi connectivity index (χ1v) is 7.22. The molecule has 0 aromatic heterocycles. The van der Waals surface area contributed by atoms with Gasteiger partial charge in [0.25, 0.3) is 0 Å². The summed E-state index contributed by atoms with van der Waals surface area (Å²) >= 11 is 0. The summed E-state index contributed by atoms with van der Waals surface area (Å²) in [6.07, 6.45) is 1.11. The molecule has 1 N–H and O–H groups in total. The van der Waals surface area contributed by atoms with E-state index in [4.69, 9.17) is 0 Å². The van der Waals surface area contributed by atoms with Crippen molar-refractivity contribution in [2.75, 3.05) is 18.6 Å². The van der Waals surface area contributed by atoms with E-state index in [1.165, 1.54) is 18.2 Å². The Morgan fingerprint density at radius 1 is 1.29 bits per heavy atom. The van der Waals surface area contributed by atoms with Crippen molar-refractivity contribution in [2.45, 2.75) is 13.0 Å². The van der Waals surface area contributed by atoms with E-state index in [2.05, 4.69) is 5.32 Å². The smallest absolute Gasteiger partial charge is 0.148 e. The van der Waals surface area contributed by atoms with Crippen LogP contribution < -0.4 is 5.32 Å². The Morgan fingerprint density at radius 2 is 1.82 bits per heavy atom. The van der Waals surface area contributed by atoms with E-state index >= 15 is 0 Å². The van der Waals surface area contributed by atoms with Crippen molar-refractivity contribution in [1.29, 1.82) is 0 Å². The molecule has 0 bridgehead atoms. The molecule has 0 saturated heterocycles. The number of rotatable bonds is 5. The van der Waals surface area contributed by atoms with Crippen LogP contribution in [0.5, 0.6) is 0 Å². The van der Waals surface area contributed by atoms with Gasteiger partial charge in [-0.2, -0.15) is 0 Å². The number of benzene rings is 1. The predicted molar refractivity (Wildman–Crippen MR) is 62.5 cm³/mol. The van der Waals surface area contributed by atoms with Gasteiger partial charge in [0.05, 0.1) is 5.75 Å². The highest BCUT2D eigenvalue weighted by Gasteiger charge is 2.15. The molecule has 0 amide bonds. The first kappa shape index (κ1) is 14.1. The van der Waals surface area contributed by atoms with Gasteiger partial charge < -0.3 is 5.32 Å². The highest BCUT2D eigenvalue weighted by Crippen LogP contribution is 2.19. The molecule has 0 spiro atoms. The summed E-state index contributed by atoms with van der Waals surface area (Å²) in [6.45, 7) is 1.75. The molecular weight excluding hydrogens is 248 g/mol. The maximum Gasteiger partial charge on any atom is 0.148 e. The highest BCUT2D eigenvalue weighted by atomic mass is 32.2. The van der Waals surface area contributed by atoms with E-state index in [0.717, 1.165) is 6.26 Å². The minimum atomic E-state index is -3.07. The summed E-state index contributed by atoms with van der Waals surface area (Å²) in [5.41, 5.74) is -0.0685. The minimum absolute atomic E-state index is 0.0621. The minimum Gasteiger partial charge on any atom is -0.309 e. The van der Waals surface area contributed by atoms with Crippen LogP contribution in [0.3, 0.4) is 0 Å². The first-order valence-electron chi connectivity index (χ1n) is 5.16. The normalized spacial score (nSPS) is 13.6. The van der Waals surface area contributed by atoms with Gasteiger partial charge >= 0.3 is 0 Å². The summed E-state index contributed by atoms with van der Waals surface area (Å²) in [5.74, 6) is -1.33. The predicted octanol–water partition coefficient (Wildman–Crippen LogP) is 1.66. The number of hydrogen-bond donors (Lipinski definition) is 1. The van der Waals surface area contributed by atoms with Gasteiger partial charge in [0.15, 0.2) is 0 Å². The molecule has 1 unspecified atom stereocenters. The van der Waals surface area contributed by atoms with E-state index in [-0.39, 0.29) is 17.9 Å². The van der Waals surface area contributed by atoms with E-state index in [1.807, 2.05) is 0 Å². The molecular formula is C11H15F2NO2S. The van der Waals surface area contributed by atoms with E-state index in [9.17, 15) is 17.2 Å². The number of hydrogen-bond acceptors (Lipinski definition) is 3. The van der Waals surface area contributed by atoms with Crippen LogP contribution in [-0.4, -0.2) is 27.0 Å². The zero-order valence-electron chi connectivity index (χ0n) is 9.70. The van der Waals surface area contributed by atoms with Crippen molar-refractivity contribution in [1.82, 2.24) is 5.32 Å². The quantitative estimate of drug-likeness (QED) is 0.879. The van der Waals surface area contributed by atoms with Crippen LogP contribution in [0.1, 0.15) is 18.5 Å². The fourth-order valence-electron chi connectivity index (χ4n) is 1.49. The fourth-order valence-corrected chi connectivity index (χ4v) is 1.98. The number of sulfone groups is 1. The molecule has 0 fully saturated rings. The Kier molecular flexibility index (Phi) is 4.59. The second kappa shape index (κ2) is 5.55. The topological polar surface area (TPSA) is 46.2 Å². The fraction of sp³-hybridized carbons (Fsp3) is 0.455. The van der Waals surface area contributed by atoms with Crippen molar-refractivity contribution in [2.24, 2.45) is 0 Å². The second-order valence-corrected chi connectivity index (χ2v) is 6.20. The first-order chi connectivity index (χ1) is 7.81. The second-order valence-electron chi connectivity index (χ2n) is 3.94. The molecule has 96 valence electrons. The van der Waals surface area contributed by atoms with Crippen molar-refractivity contribution in [3.05, 3.63) is 35.4 Å². The molecule has 1 aromatic carbocycles. The van der Waals surface area contributed by atoms with E-state index in [1.54, 1.807) is 6.92 Å². The third-order valence-corrected chi connectivity index (χ3v) is 3.30. The van der Waals surface area contributed by atoms with Crippen molar-refractivity contribution in [3.63, 3.8) is 0 Å². The van der Waals surface area contributed by atoms with Gasteiger partial charge in [0.2, 0.25) is 0 Å². The Labute approximate surface area is 99.8 Å². The number of halogens is 2. The Balaban J connectivity index is 2.67. The standard InChI is InChI=1S/C11H15F2NO2S/c1-8(14-6-7-17(2,15)16)11-9(12)4-3-5-10(11)13/h3-5,8,14H,6-7H2,1-2H3. The molecule has 17 heavy (non-hydrogen) atoms. The van der Waals surface area contributed by atoms with Crippen LogP contribution in [0.4, 0.5) is 8.78 Å². The molecule has 0 aliphatic heterocycles. The van der Waals surface area contributed by atoms with E-state index < -0.39 is 27.5 Å². The molecule has 6 heteroatoms. The van der Waals surface area contributed by atoms with Crippen LogP contribution in [0.2, 0.25) is 0 Å². The SMILES string of the molecule is CC(NCCS(C)(=O)=O)c1c(F)cccc1F. The lowest BCUT2D eigenvalue weighted by molar-refractivity contribution is 0.495. The van der Waals surface area contributed by atoms with Gasteiger partial charge in [-0.1, -0.05) is 6.07 Å². The van der Waals surface area contributed by atoms with Gasteiger partial charge in [-0.15, -0.1) is 0 Å². The van der Waals surface area contributed by atoms with Crippen LogP contribution in [0.25, 0.3) is 0 Å². The maximum absolute atomic E-state index is 13.4.